The van der Waals surface area contributed by atoms with Crippen LogP contribution in [0, 0.1) is 5.92 Å². The van der Waals surface area contributed by atoms with Gasteiger partial charge in [0.1, 0.15) is 0 Å². The van der Waals surface area contributed by atoms with Gasteiger partial charge >= 0.3 is 6.03 Å². The zero-order valence-corrected chi connectivity index (χ0v) is 15.2. The van der Waals surface area contributed by atoms with Gasteiger partial charge < -0.3 is 10.6 Å². The molecule has 0 atom stereocenters. The van der Waals surface area contributed by atoms with Crippen LogP contribution in [0.1, 0.15) is 25.3 Å². The quantitative estimate of drug-likeness (QED) is 0.788. The highest BCUT2D eigenvalue weighted by Gasteiger charge is 2.15. The third-order valence-corrected chi connectivity index (χ3v) is 4.81. The van der Waals surface area contributed by atoms with Gasteiger partial charge in [-0.05, 0) is 67.7 Å². The zero-order valence-electron chi connectivity index (χ0n) is 14.5. The SMILES string of the molecule is CC1CCN(Cc2ccc(NC(=O)Nc3cccc(Cl)c3)cc2)CC1. The van der Waals surface area contributed by atoms with Gasteiger partial charge in [0.2, 0.25) is 0 Å². The molecule has 5 heteroatoms. The van der Waals surface area contributed by atoms with Gasteiger partial charge in [0.05, 0.1) is 0 Å². The van der Waals surface area contributed by atoms with E-state index in [-0.39, 0.29) is 6.03 Å². The summed E-state index contributed by atoms with van der Waals surface area (Å²) in [5, 5.41) is 6.20. The number of hydrogen-bond acceptors (Lipinski definition) is 2. The van der Waals surface area contributed by atoms with Crippen molar-refractivity contribution in [1.29, 1.82) is 0 Å². The lowest BCUT2D eigenvalue weighted by Gasteiger charge is -2.30. The second-order valence-corrected chi connectivity index (χ2v) is 7.18. The Morgan fingerprint density at radius 1 is 1.08 bits per heavy atom. The topological polar surface area (TPSA) is 44.4 Å². The molecule has 0 aromatic heterocycles. The first-order valence-corrected chi connectivity index (χ1v) is 9.11. The zero-order chi connectivity index (χ0) is 17.6. The van der Waals surface area contributed by atoms with Crippen LogP contribution < -0.4 is 10.6 Å². The maximum atomic E-state index is 12.1. The third-order valence-electron chi connectivity index (χ3n) is 4.58. The fourth-order valence-electron chi connectivity index (χ4n) is 3.03. The highest BCUT2D eigenvalue weighted by molar-refractivity contribution is 6.30. The average molecular weight is 358 g/mol. The fraction of sp³-hybridized carbons (Fsp3) is 0.350. The number of nitrogens with one attached hydrogen (secondary N) is 2. The van der Waals surface area contributed by atoms with Gasteiger partial charge in [-0.2, -0.15) is 0 Å². The lowest BCUT2D eigenvalue weighted by atomic mass is 9.99. The number of halogens is 1. The Labute approximate surface area is 154 Å². The Morgan fingerprint density at radius 2 is 1.76 bits per heavy atom. The third kappa shape index (κ3) is 5.48. The van der Waals surface area contributed by atoms with Crippen LogP contribution in [0.2, 0.25) is 5.02 Å². The first-order chi connectivity index (χ1) is 12.1. The van der Waals surface area contributed by atoms with Crippen LogP contribution in [-0.2, 0) is 6.54 Å². The summed E-state index contributed by atoms with van der Waals surface area (Å²) in [5.74, 6) is 0.848. The minimum atomic E-state index is -0.278. The van der Waals surface area contributed by atoms with Crippen LogP contribution in [0.25, 0.3) is 0 Å². The molecule has 0 radical (unpaired) electrons. The number of amides is 2. The molecule has 25 heavy (non-hydrogen) atoms. The van der Waals surface area contributed by atoms with Crippen LogP contribution in [-0.4, -0.2) is 24.0 Å². The Morgan fingerprint density at radius 3 is 2.44 bits per heavy atom. The summed E-state index contributed by atoms with van der Waals surface area (Å²) in [6.07, 6.45) is 2.56. The number of nitrogens with zero attached hydrogens (tertiary/aromatic N) is 1. The van der Waals surface area contributed by atoms with Crippen molar-refractivity contribution in [2.24, 2.45) is 5.92 Å². The number of rotatable bonds is 4. The monoisotopic (exact) mass is 357 g/mol. The lowest BCUT2D eigenvalue weighted by Crippen LogP contribution is -2.32. The molecule has 132 valence electrons. The van der Waals surface area contributed by atoms with Crippen LogP contribution in [0.5, 0.6) is 0 Å². The second-order valence-electron chi connectivity index (χ2n) is 6.75. The average Bonchev–Trinajstić information content (AvgIpc) is 2.59. The standard InChI is InChI=1S/C20H24ClN3O/c1-15-9-11-24(12-10-15)14-16-5-7-18(8-6-16)22-20(25)23-19-4-2-3-17(21)13-19/h2-8,13,15H,9-12,14H2,1H3,(H2,22,23,25). The van der Waals surface area contributed by atoms with E-state index >= 15 is 0 Å². The number of hydrogen-bond donors (Lipinski definition) is 2. The predicted octanol–water partition coefficient (Wildman–Crippen LogP) is 5.22. The van der Waals surface area contributed by atoms with Crippen LogP contribution in [0.3, 0.4) is 0 Å². The minimum absolute atomic E-state index is 0.278. The van der Waals surface area contributed by atoms with E-state index < -0.39 is 0 Å². The molecule has 2 N–H and O–H groups in total. The van der Waals surface area contributed by atoms with Crippen molar-refractivity contribution in [2.45, 2.75) is 26.3 Å². The summed E-state index contributed by atoms with van der Waals surface area (Å²) in [7, 11) is 0. The van der Waals surface area contributed by atoms with Crippen molar-refractivity contribution in [3.8, 4) is 0 Å². The Balaban J connectivity index is 1.51. The van der Waals surface area contributed by atoms with Crippen molar-refractivity contribution in [2.75, 3.05) is 23.7 Å². The molecule has 2 aromatic rings. The van der Waals surface area contributed by atoms with Crippen molar-refractivity contribution in [1.82, 2.24) is 4.90 Å². The molecule has 1 fully saturated rings. The molecule has 3 rings (SSSR count). The van der Waals surface area contributed by atoms with Crippen LogP contribution in [0.4, 0.5) is 16.2 Å². The van der Waals surface area contributed by atoms with E-state index in [4.69, 9.17) is 11.6 Å². The molecule has 0 spiro atoms. The molecule has 0 saturated carbocycles. The Hall–Kier alpha value is -2.04. The molecule has 0 unspecified atom stereocenters. The highest BCUT2D eigenvalue weighted by Crippen LogP contribution is 2.19. The van der Waals surface area contributed by atoms with E-state index in [0.717, 1.165) is 18.2 Å². The maximum Gasteiger partial charge on any atom is 0.323 e. The molecule has 2 amide bonds. The van der Waals surface area contributed by atoms with Gasteiger partial charge in [-0.25, -0.2) is 4.79 Å². The smallest absolute Gasteiger partial charge is 0.308 e. The van der Waals surface area contributed by atoms with Crippen molar-refractivity contribution < 1.29 is 4.79 Å². The van der Waals surface area contributed by atoms with Gasteiger partial charge in [-0.1, -0.05) is 36.7 Å². The van der Waals surface area contributed by atoms with E-state index in [9.17, 15) is 4.79 Å². The molecule has 2 aromatic carbocycles. The molecule has 1 heterocycles. The highest BCUT2D eigenvalue weighted by atomic mass is 35.5. The first-order valence-electron chi connectivity index (χ1n) is 8.73. The molecule has 1 aliphatic rings. The number of piperidine rings is 1. The molecule has 1 aliphatic heterocycles. The number of urea groups is 1. The largest absolute Gasteiger partial charge is 0.323 e. The summed E-state index contributed by atoms with van der Waals surface area (Å²) >= 11 is 5.92. The molecule has 1 saturated heterocycles. The maximum absolute atomic E-state index is 12.1. The number of benzene rings is 2. The summed E-state index contributed by atoms with van der Waals surface area (Å²) in [4.78, 5) is 14.5. The summed E-state index contributed by atoms with van der Waals surface area (Å²) in [5.41, 5.74) is 2.71. The molecule has 0 aliphatic carbocycles. The summed E-state index contributed by atoms with van der Waals surface area (Å²) in [6.45, 7) is 5.64. The van der Waals surface area contributed by atoms with E-state index in [1.165, 1.54) is 31.5 Å². The fourth-order valence-corrected chi connectivity index (χ4v) is 3.22. The minimum Gasteiger partial charge on any atom is -0.308 e. The van der Waals surface area contributed by atoms with Crippen LogP contribution in [0.15, 0.2) is 48.5 Å². The lowest BCUT2D eigenvalue weighted by molar-refractivity contribution is 0.185. The number of likely N-dealkylation sites (tertiary alicyclic amines) is 1. The predicted molar refractivity (Wildman–Crippen MR) is 104 cm³/mol. The van der Waals surface area contributed by atoms with Gasteiger partial charge in [-0.15, -0.1) is 0 Å². The Bertz CT molecular complexity index is 709. The number of anilines is 2. The van der Waals surface area contributed by atoms with E-state index in [1.54, 1.807) is 24.3 Å². The first kappa shape index (κ1) is 17.8. The van der Waals surface area contributed by atoms with Crippen LogP contribution >= 0.6 is 11.6 Å². The number of carbonyl (C=O) groups is 1. The van der Waals surface area contributed by atoms with E-state index in [1.807, 2.05) is 12.1 Å². The van der Waals surface area contributed by atoms with Gasteiger partial charge in [0.15, 0.2) is 0 Å². The summed E-state index contributed by atoms with van der Waals surface area (Å²) < 4.78 is 0. The molecule has 0 bridgehead atoms. The van der Waals surface area contributed by atoms with Gasteiger partial charge in [0, 0.05) is 22.9 Å². The number of carbonyl (C=O) groups excluding carboxylic acids is 1. The molecular formula is C20H24ClN3O. The van der Waals surface area contributed by atoms with Gasteiger partial charge in [0.25, 0.3) is 0 Å². The summed E-state index contributed by atoms with van der Waals surface area (Å²) in [6, 6.07) is 14.8. The van der Waals surface area contributed by atoms with Crippen molar-refractivity contribution in [3.63, 3.8) is 0 Å². The molecule has 4 nitrogen and oxygen atoms in total. The van der Waals surface area contributed by atoms with Gasteiger partial charge in [-0.3, -0.25) is 4.90 Å². The Kier molecular flexibility index (Phi) is 5.95. The van der Waals surface area contributed by atoms with E-state index in [0.29, 0.717) is 10.7 Å². The van der Waals surface area contributed by atoms with Crippen molar-refractivity contribution in [3.05, 3.63) is 59.1 Å². The normalized spacial score (nSPS) is 15.8. The van der Waals surface area contributed by atoms with Crippen molar-refractivity contribution >= 4 is 29.0 Å². The molecular weight excluding hydrogens is 334 g/mol. The second kappa shape index (κ2) is 8.37. The van der Waals surface area contributed by atoms with E-state index in [2.05, 4.69) is 34.6 Å².